The fraction of sp³-hybridized carbons (Fsp3) is 0.136. The Hall–Kier alpha value is -3.07. The van der Waals surface area contributed by atoms with E-state index in [0.29, 0.717) is 0 Å². The maximum atomic E-state index is 4.34. The van der Waals surface area contributed by atoms with E-state index < -0.39 is 0 Å². The third-order valence-corrected chi connectivity index (χ3v) is 4.69. The van der Waals surface area contributed by atoms with Crippen LogP contribution in [0.2, 0.25) is 0 Å². The van der Waals surface area contributed by atoms with Crippen LogP contribution in [-0.4, -0.2) is 9.97 Å². The van der Waals surface area contributed by atoms with Crippen molar-refractivity contribution in [3.8, 4) is 0 Å². The topological polar surface area (TPSA) is 40.7 Å². The lowest BCUT2D eigenvalue weighted by Gasteiger charge is -2.22. The number of nitrogens with one attached hydrogen (secondary N) is 2. The van der Waals surface area contributed by atoms with Crippen LogP contribution in [0.25, 0.3) is 10.9 Å². The molecule has 4 rings (SSSR count). The van der Waals surface area contributed by atoms with Crippen LogP contribution in [0.1, 0.15) is 28.4 Å². The molecular formula is C22H21N3. The van der Waals surface area contributed by atoms with Crippen molar-refractivity contribution in [1.82, 2.24) is 9.97 Å². The summed E-state index contributed by atoms with van der Waals surface area (Å²) in [4.78, 5) is 7.86. The van der Waals surface area contributed by atoms with Crippen LogP contribution < -0.4 is 5.32 Å². The van der Waals surface area contributed by atoms with Crippen molar-refractivity contribution < 1.29 is 0 Å². The molecule has 0 spiro atoms. The fourth-order valence-electron chi connectivity index (χ4n) is 3.43. The molecule has 124 valence electrons. The number of anilines is 1. The molecule has 1 atom stereocenters. The zero-order valence-corrected chi connectivity index (χ0v) is 14.5. The predicted octanol–water partition coefficient (Wildman–Crippen LogP) is 5.38. The molecule has 0 saturated carbocycles. The van der Waals surface area contributed by atoms with Gasteiger partial charge in [-0.3, -0.25) is 4.98 Å². The molecule has 0 aliphatic carbocycles. The molecule has 0 aliphatic heterocycles. The molecule has 0 aliphatic rings. The number of H-pyrrole nitrogens is 1. The number of aromatic nitrogens is 2. The summed E-state index contributed by atoms with van der Waals surface area (Å²) in [5, 5.41) is 4.98. The molecule has 2 aromatic carbocycles. The molecule has 0 fully saturated rings. The maximum absolute atomic E-state index is 4.34. The highest BCUT2D eigenvalue weighted by atomic mass is 14.9. The van der Waals surface area contributed by atoms with Crippen LogP contribution in [0.15, 0.2) is 73.1 Å². The van der Waals surface area contributed by atoms with Gasteiger partial charge in [0.25, 0.3) is 0 Å². The molecule has 4 aromatic rings. The van der Waals surface area contributed by atoms with Crippen molar-refractivity contribution in [3.63, 3.8) is 0 Å². The van der Waals surface area contributed by atoms with Crippen molar-refractivity contribution in [3.05, 3.63) is 95.4 Å². The number of benzene rings is 2. The molecule has 0 radical (unpaired) electrons. The first-order chi connectivity index (χ1) is 12.2. The molecule has 3 heteroatoms. The number of aryl methyl sites for hydroxylation is 2. The van der Waals surface area contributed by atoms with Gasteiger partial charge in [-0.05, 0) is 43.2 Å². The SMILES string of the molecule is Cc1ccccc1N[C@@H](c1cccnc1)c1c(C)[nH]c2ccccc12. The second kappa shape index (κ2) is 6.44. The van der Waals surface area contributed by atoms with Crippen molar-refractivity contribution in [1.29, 1.82) is 0 Å². The Labute approximate surface area is 147 Å². The van der Waals surface area contributed by atoms with E-state index in [-0.39, 0.29) is 6.04 Å². The lowest BCUT2D eigenvalue weighted by molar-refractivity contribution is 0.920. The summed E-state index contributed by atoms with van der Waals surface area (Å²) < 4.78 is 0. The molecule has 0 unspecified atom stereocenters. The summed E-state index contributed by atoms with van der Waals surface area (Å²) in [5.74, 6) is 0. The van der Waals surface area contributed by atoms with Crippen LogP contribution in [0.3, 0.4) is 0 Å². The van der Waals surface area contributed by atoms with Gasteiger partial charge in [-0.15, -0.1) is 0 Å². The summed E-state index contributed by atoms with van der Waals surface area (Å²) in [6, 6.07) is 21.0. The number of pyridine rings is 1. The Kier molecular flexibility index (Phi) is 3.98. The first-order valence-corrected chi connectivity index (χ1v) is 8.53. The Balaban J connectivity index is 1.88. The van der Waals surface area contributed by atoms with Gasteiger partial charge >= 0.3 is 0 Å². The van der Waals surface area contributed by atoms with E-state index in [2.05, 4.69) is 83.7 Å². The molecular weight excluding hydrogens is 306 g/mol. The van der Waals surface area contributed by atoms with Gasteiger partial charge in [0, 0.05) is 40.2 Å². The first-order valence-electron chi connectivity index (χ1n) is 8.53. The van der Waals surface area contributed by atoms with E-state index in [1.54, 1.807) is 0 Å². The number of aromatic amines is 1. The molecule has 3 nitrogen and oxygen atoms in total. The zero-order valence-electron chi connectivity index (χ0n) is 14.5. The second-order valence-electron chi connectivity index (χ2n) is 6.39. The van der Waals surface area contributed by atoms with Crippen LogP contribution >= 0.6 is 0 Å². The molecule has 2 aromatic heterocycles. The Morgan fingerprint density at radius 3 is 2.52 bits per heavy atom. The van der Waals surface area contributed by atoms with E-state index in [1.807, 2.05) is 18.5 Å². The van der Waals surface area contributed by atoms with Gasteiger partial charge in [0.05, 0.1) is 6.04 Å². The van der Waals surface area contributed by atoms with Crippen molar-refractivity contribution in [2.24, 2.45) is 0 Å². The van der Waals surface area contributed by atoms with Crippen LogP contribution in [0.4, 0.5) is 5.69 Å². The average molecular weight is 327 g/mol. The summed E-state index contributed by atoms with van der Waals surface area (Å²) in [6.45, 7) is 4.27. The van der Waals surface area contributed by atoms with Gasteiger partial charge < -0.3 is 10.3 Å². The molecule has 0 bridgehead atoms. The molecule has 0 saturated heterocycles. The minimum absolute atomic E-state index is 0.0333. The number of rotatable bonds is 4. The smallest absolute Gasteiger partial charge is 0.0805 e. The van der Waals surface area contributed by atoms with E-state index in [4.69, 9.17) is 0 Å². The first kappa shape index (κ1) is 15.5. The Morgan fingerprint density at radius 1 is 0.920 bits per heavy atom. The second-order valence-corrected chi connectivity index (χ2v) is 6.39. The highest BCUT2D eigenvalue weighted by Crippen LogP contribution is 2.34. The highest BCUT2D eigenvalue weighted by molar-refractivity contribution is 5.86. The number of fused-ring (bicyclic) bond motifs is 1. The minimum atomic E-state index is 0.0333. The molecule has 25 heavy (non-hydrogen) atoms. The van der Waals surface area contributed by atoms with E-state index >= 15 is 0 Å². The van der Waals surface area contributed by atoms with Crippen molar-refractivity contribution >= 4 is 16.6 Å². The number of para-hydroxylation sites is 2. The van der Waals surface area contributed by atoms with Gasteiger partial charge in [0.1, 0.15) is 0 Å². The average Bonchev–Trinajstić information content (AvgIpc) is 2.97. The summed E-state index contributed by atoms with van der Waals surface area (Å²) in [7, 11) is 0. The number of hydrogen-bond donors (Lipinski definition) is 2. The number of hydrogen-bond acceptors (Lipinski definition) is 2. The van der Waals surface area contributed by atoms with Gasteiger partial charge in [-0.25, -0.2) is 0 Å². The monoisotopic (exact) mass is 327 g/mol. The Bertz CT molecular complexity index is 1000. The predicted molar refractivity (Wildman–Crippen MR) is 104 cm³/mol. The maximum Gasteiger partial charge on any atom is 0.0805 e. The molecule has 2 heterocycles. The standard InChI is InChI=1S/C22H21N3/c1-15-8-3-5-11-19(15)25-22(17-9-7-13-23-14-17)21-16(2)24-20-12-6-4-10-18(20)21/h3-14,22,24-25H,1-2H3/t22-/m0/s1. The number of nitrogens with zero attached hydrogens (tertiary/aromatic N) is 1. The van der Waals surface area contributed by atoms with E-state index in [9.17, 15) is 0 Å². The summed E-state index contributed by atoms with van der Waals surface area (Å²) in [6.07, 6.45) is 3.76. The third-order valence-electron chi connectivity index (χ3n) is 4.69. The summed E-state index contributed by atoms with van der Waals surface area (Å²) in [5.41, 5.74) is 7.13. The highest BCUT2D eigenvalue weighted by Gasteiger charge is 2.21. The van der Waals surface area contributed by atoms with Gasteiger partial charge in [0.15, 0.2) is 0 Å². The van der Waals surface area contributed by atoms with Crippen molar-refractivity contribution in [2.45, 2.75) is 19.9 Å². The quantitative estimate of drug-likeness (QED) is 0.528. The third kappa shape index (κ3) is 2.89. The largest absolute Gasteiger partial charge is 0.374 e. The van der Waals surface area contributed by atoms with Crippen molar-refractivity contribution in [2.75, 3.05) is 5.32 Å². The van der Waals surface area contributed by atoms with Crippen LogP contribution in [0.5, 0.6) is 0 Å². The zero-order chi connectivity index (χ0) is 17.2. The van der Waals surface area contributed by atoms with Gasteiger partial charge in [0.2, 0.25) is 0 Å². The fourth-order valence-corrected chi connectivity index (χ4v) is 3.43. The molecule has 0 amide bonds. The van der Waals surface area contributed by atoms with Crippen LogP contribution in [0, 0.1) is 13.8 Å². The Morgan fingerprint density at radius 2 is 1.72 bits per heavy atom. The normalized spacial score (nSPS) is 12.2. The van der Waals surface area contributed by atoms with E-state index in [1.165, 1.54) is 22.2 Å². The summed E-state index contributed by atoms with van der Waals surface area (Å²) >= 11 is 0. The lowest BCUT2D eigenvalue weighted by Crippen LogP contribution is -2.14. The minimum Gasteiger partial charge on any atom is -0.374 e. The van der Waals surface area contributed by atoms with E-state index in [0.717, 1.165) is 16.8 Å². The van der Waals surface area contributed by atoms with Gasteiger partial charge in [-0.2, -0.15) is 0 Å². The van der Waals surface area contributed by atoms with Crippen LogP contribution in [-0.2, 0) is 0 Å². The lowest BCUT2D eigenvalue weighted by atomic mass is 9.96. The molecule has 2 N–H and O–H groups in total. The van der Waals surface area contributed by atoms with Gasteiger partial charge in [-0.1, -0.05) is 42.5 Å².